The van der Waals surface area contributed by atoms with E-state index in [-0.39, 0.29) is 5.82 Å². The molecule has 0 bridgehead atoms. The highest BCUT2D eigenvalue weighted by atomic mass is 19.1. The molecule has 0 fully saturated rings. The summed E-state index contributed by atoms with van der Waals surface area (Å²) < 4.78 is 13.2. The Bertz CT molecular complexity index is 788. The second-order valence-electron chi connectivity index (χ2n) is 6.54. The van der Waals surface area contributed by atoms with E-state index in [0.29, 0.717) is 6.04 Å². The summed E-state index contributed by atoms with van der Waals surface area (Å²) in [6, 6.07) is 26.2. The van der Waals surface area contributed by atoms with Gasteiger partial charge in [0, 0.05) is 12.6 Å². The SMILES string of the molecule is CN.Cc1ccccc1.Fc1ccc2c(c1)CC(Cc1ccccc1)NC2. The van der Waals surface area contributed by atoms with Crippen LogP contribution in [0.15, 0.2) is 78.9 Å². The minimum Gasteiger partial charge on any atom is -0.333 e. The van der Waals surface area contributed by atoms with E-state index in [0.717, 1.165) is 24.9 Å². The van der Waals surface area contributed by atoms with Crippen LogP contribution in [0.25, 0.3) is 0 Å². The summed E-state index contributed by atoms with van der Waals surface area (Å²) in [5.74, 6) is -0.130. The maximum atomic E-state index is 13.2. The van der Waals surface area contributed by atoms with E-state index in [1.54, 1.807) is 6.07 Å². The smallest absolute Gasteiger partial charge is 0.123 e. The number of hydrogen-bond acceptors (Lipinski definition) is 2. The van der Waals surface area contributed by atoms with Gasteiger partial charge < -0.3 is 11.1 Å². The first-order valence-corrected chi connectivity index (χ1v) is 9.35. The van der Waals surface area contributed by atoms with Crippen molar-refractivity contribution in [1.29, 1.82) is 0 Å². The predicted octanol–water partition coefficient (Wildman–Crippen LogP) is 4.65. The van der Waals surface area contributed by atoms with Gasteiger partial charge in [-0.3, -0.25) is 0 Å². The van der Waals surface area contributed by atoms with Gasteiger partial charge in [0.15, 0.2) is 0 Å². The topological polar surface area (TPSA) is 38.0 Å². The van der Waals surface area contributed by atoms with Gasteiger partial charge in [0.1, 0.15) is 5.82 Å². The maximum Gasteiger partial charge on any atom is 0.123 e. The van der Waals surface area contributed by atoms with Crippen molar-refractivity contribution in [2.45, 2.75) is 32.4 Å². The lowest BCUT2D eigenvalue weighted by Crippen LogP contribution is -2.37. The molecule has 0 aromatic heterocycles. The molecule has 3 aromatic rings. The van der Waals surface area contributed by atoms with E-state index in [2.05, 4.69) is 54.4 Å². The number of rotatable bonds is 2. The molecule has 0 aliphatic carbocycles. The second kappa shape index (κ2) is 11.3. The lowest BCUT2D eigenvalue weighted by atomic mass is 9.92. The van der Waals surface area contributed by atoms with Crippen LogP contribution in [0, 0.1) is 12.7 Å². The van der Waals surface area contributed by atoms with Crippen molar-refractivity contribution in [3.8, 4) is 0 Å². The number of hydrogen-bond donors (Lipinski definition) is 2. The summed E-state index contributed by atoms with van der Waals surface area (Å²) >= 11 is 0. The van der Waals surface area contributed by atoms with Crippen LogP contribution < -0.4 is 11.1 Å². The standard InChI is InChI=1S/C16H16FN.C7H8.CH5N/c17-15-7-6-13-11-18-16(10-14(13)9-15)8-12-4-2-1-3-5-12;1-7-5-3-2-4-6-7;1-2/h1-7,9,16,18H,8,10-11H2;2-6H,1H3;2H2,1H3. The van der Waals surface area contributed by atoms with Crippen molar-refractivity contribution in [1.82, 2.24) is 5.32 Å². The minimum atomic E-state index is -0.130. The minimum absolute atomic E-state index is 0.130. The highest BCUT2D eigenvalue weighted by Crippen LogP contribution is 2.19. The molecule has 27 heavy (non-hydrogen) atoms. The van der Waals surface area contributed by atoms with Crippen LogP contribution in [0.2, 0.25) is 0 Å². The molecular weight excluding hydrogens is 335 g/mol. The molecule has 1 aliphatic rings. The van der Waals surface area contributed by atoms with Crippen molar-refractivity contribution in [2.24, 2.45) is 5.73 Å². The van der Waals surface area contributed by atoms with Gasteiger partial charge in [-0.15, -0.1) is 0 Å². The molecule has 1 unspecified atom stereocenters. The summed E-state index contributed by atoms with van der Waals surface area (Å²) in [7, 11) is 1.50. The lowest BCUT2D eigenvalue weighted by molar-refractivity contribution is 0.474. The van der Waals surface area contributed by atoms with Gasteiger partial charge in [-0.2, -0.15) is 0 Å². The van der Waals surface area contributed by atoms with Gasteiger partial charge >= 0.3 is 0 Å². The fourth-order valence-electron chi connectivity index (χ4n) is 3.13. The molecule has 3 aromatic carbocycles. The lowest BCUT2D eigenvalue weighted by Gasteiger charge is -2.26. The Morgan fingerprint density at radius 2 is 1.52 bits per heavy atom. The summed E-state index contributed by atoms with van der Waals surface area (Å²) in [4.78, 5) is 0. The monoisotopic (exact) mass is 364 g/mol. The third kappa shape index (κ3) is 6.97. The Balaban J connectivity index is 0.000000244. The average Bonchev–Trinajstić information content (AvgIpc) is 2.71. The van der Waals surface area contributed by atoms with E-state index >= 15 is 0 Å². The molecule has 0 amide bonds. The fourth-order valence-corrected chi connectivity index (χ4v) is 3.13. The number of benzene rings is 3. The molecule has 2 nitrogen and oxygen atoms in total. The van der Waals surface area contributed by atoms with Crippen LogP contribution in [0.1, 0.15) is 22.3 Å². The molecule has 0 saturated heterocycles. The first kappa shape index (κ1) is 20.8. The third-order valence-corrected chi connectivity index (χ3v) is 4.48. The molecule has 142 valence electrons. The number of nitrogens with two attached hydrogens (primary N) is 1. The van der Waals surface area contributed by atoms with E-state index in [9.17, 15) is 4.39 Å². The van der Waals surface area contributed by atoms with Crippen molar-refractivity contribution in [2.75, 3.05) is 7.05 Å². The van der Waals surface area contributed by atoms with Gasteiger partial charge in [0.05, 0.1) is 0 Å². The van der Waals surface area contributed by atoms with Crippen LogP contribution in [0.4, 0.5) is 4.39 Å². The average molecular weight is 365 g/mol. The number of nitrogens with one attached hydrogen (secondary N) is 1. The van der Waals surface area contributed by atoms with Crippen LogP contribution in [0.3, 0.4) is 0 Å². The van der Waals surface area contributed by atoms with Crippen molar-refractivity contribution in [3.63, 3.8) is 0 Å². The van der Waals surface area contributed by atoms with Crippen LogP contribution in [-0.4, -0.2) is 13.1 Å². The van der Waals surface area contributed by atoms with Crippen molar-refractivity contribution in [3.05, 3.63) is 107 Å². The maximum absolute atomic E-state index is 13.2. The molecule has 1 heterocycles. The van der Waals surface area contributed by atoms with Crippen LogP contribution in [-0.2, 0) is 19.4 Å². The largest absolute Gasteiger partial charge is 0.333 e. The Kier molecular flexibility index (Phi) is 8.69. The number of fused-ring (bicyclic) bond motifs is 1. The predicted molar refractivity (Wildman–Crippen MR) is 112 cm³/mol. The third-order valence-electron chi connectivity index (χ3n) is 4.48. The zero-order chi connectivity index (χ0) is 19.5. The number of aryl methyl sites for hydroxylation is 1. The summed E-state index contributed by atoms with van der Waals surface area (Å²) in [6.45, 7) is 2.92. The summed E-state index contributed by atoms with van der Waals surface area (Å²) in [5, 5.41) is 3.52. The quantitative estimate of drug-likeness (QED) is 0.694. The zero-order valence-electron chi connectivity index (χ0n) is 16.2. The summed E-state index contributed by atoms with van der Waals surface area (Å²) in [6.07, 6.45) is 1.90. The second-order valence-corrected chi connectivity index (χ2v) is 6.54. The highest BCUT2D eigenvalue weighted by molar-refractivity contribution is 5.31. The summed E-state index contributed by atoms with van der Waals surface area (Å²) in [5.41, 5.74) is 9.52. The van der Waals surface area contributed by atoms with Crippen molar-refractivity contribution < 1.29 is 4.39 Å². The highest BCUT2D eigenvalue weighted by Gasteiger charge is 2.18. The van der Waals surface area contributed by atoms with Gasteiger partial charge in [0.2, 0.25) is 0 Å². The Labute approximate surface area is 162 Å². The molecular formula is C24H29FN2. The number of halogens is 1. The molecule has 0 spiro atoms. The first-order chi connectivity index (χ1) is 13.2. The van der Waals surface area contributed by atoms with E-state index in [1.165, 1.54) is 29.8 Å². The molecule has 3 N–H and O–H groups in total. The van der Waals surface area contributed by atoms with Crippen LogP contribution >= 0.6 is 0 Å². The van der Waals surface area contributed by atoms with Crippen LogP contribution in [0.5, 0.6) is 0 Å². The Morgan fingerprint density at radius 3 is 2.11 bits per heavy atom. The molecule has 0 saturated carbocycles. The molecule has 3 heteroatoms. The van der Waals surface area contributed by atoms with Crippen molar-refractivity contribution >= 4 is 0 Å². The normalized spacial score (nSPS) is 14.7. The van der Waals surface area contributed by atoms with Gasteiger partial charge in [-0.25, -0.2) is 4.39 Å². The van der Waals surface area contributed by atoms with Gasteiger partial charge in [0.25, 0.3) is 0 Å². The van der Waals surface area contributed by atoms with Gasteiger partial charge in [-0.1, -0.05) is 72.3 Å². The fraction of sp³-hybridized carbons (Fsp3) is 0.250. The van der Waals surface area contributed by atoms with E-state index in [1.807, 2.05) is 30.3 Å². The Hall–Kier alpha value is -2.49. The molecule has 4 rings (SSSR count). The van der Waals surface area contributed by atoms with E-state index in [4.69, 9.17) is 0 Å². The Morgan fingerprint density at radius 1 is 0.889 bits per heavy atom. The molecule has 0 radical (unpaired) electrons. The van der Waals surface area contributed by atoms with E-state index < -0.39 is 0 Å². The zero-order valence-corrected chi connectivity index (χ0v) is 16.2. The van der Waals surface area contributed by atoms with Gasteiger partial charge in [-0.05, 0) is 55.6 Å². The molecule has 1 aliphatic heterocycles. The first-order valence-electron chi connectivity index (χ1n) is 9.35. The molecule has 1 atom stereocenters.